The topological polar surface area (TPSA) is 12.0 Å². The molecule has 1 N–H and O–H groups in total. The third-order valence-electron chi connectivity index (χ3n) is 2.28. The minimum Gasteiger partial charge on any atom is -0.304 e. The van der Waals surface area contributed by atoms with Crippen LogP contribution in [0.2, 0.25) is 0 Å². The highest BCUT2D eigenvalue weighted by Gasteiger charge is 2.09. The fourth-order valence-corrected chi connectivity index (χ4v) is 1.54. The summed E-state index contributed by atoms with van der Waals surface area (Å²) in [5.41, 5.74) is 0.749. The summed E-state index contributed by atoms with van der Waals surface area (Å²) in [4.78, 5) is 0. The first kappa shape index (κ1) is 9.23. The van der Waals surface area contributed by atoms with Crippen LogP contribution in [0.5, 0.6) is 0 Å². The largest absolute Gasteiger partial charge is 0.304 e. The van der Waals surface area contributed by atoms with Crippen molar-refractivity contribution in [2.45, 2.75) is 18.9 Å². The average Bonchev–Trinajstić information content (AvgIpc) is 2.67. The summed E-state index contributed by atoms with van der Waals surface area (Å²) in [5.74, 6) is 5.85. The van der Waals surface area contributed by atoms with Gasteiger partial charge in [0.15, 0.2) is 0 Å². The number of halogens is 1. The summed E-state index contributed by atoms with van der Waals surface area (Å²) >= 11 is 0. The molecule has 1 aromatic rings. The lowest BCUT2D eigenvalue weighted by Crippen LogP contribution is -2.18. The van der Waals surface area contributed by atoms with E-state index in [2.05, 4.69) is 17.2 Å². The Bertz CT molecular complexity index is 369. The van der Waals surface area contributed by atoms with Gasteiger partial charge in [0.25, 0.3) is 0 Å². The Morgan fingerprint density at radius 1 is 1.43 bits per heavy atom. The number of hydrogen-bond acceptors (Lipinski definition) is 1. The number of rotatable bonds is 0. The van der Waals surface area contributed by atoms with Crippen LogP contribution in [-0.4, -0.2) is 12.6 Å². The first-order chi connectivity index (χ1) is 6.84. The van der Waals surface area contributed by atoms with Gasteiger partial charge in [0.1, 0.15) is 5.82 Å². The lowest BCUT2D eigenvalue weighted by molar-refractivity contribution is 0.627. The first-order valence-electron chi connectivity index (χ1n) is 4.85. The second-order valence-corrected chi connectivity index (χ2v) is 3.43. The van der Waals surface area contributed by atoms with Crippen molar-refractivity contribution in [3.63, 3.8) is 0 Å². The maximum Gasteiger partial charge on any atom is 0.124 e. The third kappa shape index (κ3) is 2.34. The zero-order valence-corrected chi connectivity index (χ0v) is 7.89. The van der Waals surface area contributed by atoms with Crippen LogP contribution < -0.4 is 5.32 Å². The van der Waals surface area contributed by atoms with Gasteiger partial charge in [0.2, 0.25) is 0 Å². The molecule has 0 aromatic heterocycles. The van der Waals surface area contributed by atoms with E-state index in [1.54, 1.807) is 6.07 Å². The Morgan fingerprint density at radius 2 is 2.36 bits per heavy atom. The van der Waals surface area contributed by atoms with Crippen LogP contribution in [0.15, 0.2) is 24.3 Å². The quantitative estimate of drug-likeness (QED) is 0.615. The molecule has 14 heavy (non-hydrogen) atoms. The average molecular weight is 189 g/mol. The highest BCUT2D eigenvalue weighted by atomic mass is 19.1. The van der Waals surface area contributed by atoms with Crippen LogP contribution in [0.25, 0.3) is 0 Å². The van der Waals surface area contributed by atoms with E-state index >= 15 is 0 Å². The molecule has 1 fully saturated rings. The Kier molecular flexibility index (Phi) is 2.81. The number of benzene rings is 1. The normalized spacial score (nSPS) is 20.2. The van der Waals surface area contributed by atoms with Crippen molar-refractivity contribution in [2.75, 3.05) is 6.54 Å². The van der Waals surface area contributed by atoms with E-state index in [0.29, 0.717) is 6.04 Å². The minimum atomic E-state index is -0.226. The van der Waals surface area contributed by atoms with Crippen LogP contribution in [0.1, 0.15) is 18.4 Å². The van der Waals surface area contributed by atoms with Crippen LogP contribution in [0.4, 0.5) is 4.39 Å². The summed E-state index contributed by atoms with van der Waals surface area (Å²) < 4.78 is 12.8. The van der Waals surface area contributed by atoms with E-state index in [-0.39, 0.29) is 5.82 Å². The molecule has 1 atom stereocenters. The van der Waals surface area contributed by atoms with E-state index in [9.17, 15) is 4.39 Å². The van der Waals surface area contributed by atoms with E-state index in [4.69, 9.17) is 0 Å². The van der Waals surface area contributed by atoms with Crippen molar-refractivity contribution < 1.29 is 4.39 Å². The van der Waals surface area contributed by atoms with Gasteiger partial charge >= 0.3 is 0 Å². The molecule has 1 aliphatic heterocycles. The zero-order valence-electron chi connectivity index (χ0n) is 7.89. The molecular weight excluding hydrogens is 177 g/mol. The molecule has 1 nitrogen and oxygen atoms in total. The lowest BCUT2D eigenvalue weighted by atomic mass is 10.2. The molecule has 1 heterocycles. The molecule has 0 bridgehead atoms. The first-order valence-corrected chi connectivity index (χ1v) is 4.85. The molecule has 0 radical (unpaired) electrons. The fourth-order valence-electron chi connectivity index (χ4n) is 1.54. The summed E-state index contributed by atoms with van der Waals surface area (Å²) in [6, 6.07) is 6.69. The van der Waals surface area contributed by atoms with Crippen molar-refractivity contribution >= 4 is 0 Å². The van der Waals surface area contributed by atoms with Gasteiger partial charge in [-0.2, -0.15) is 0 Å². The highest BCUT2D eigenvalue weighted by Crippen LogP contribution is 2.05. The van der Waals surface area contributed by atoms with Gasteiger partial charge in [-0.3, -0.25) is 0 Å². The van der Waals surface area contributed by atoms with E-state index < -0.39 is 0 Å². The van der Waals surface area contributed by atoms with Gasteiger partial charge in [-0.05, 0) is 37.6 Å². The van der Waals surface area contributed by atoms with Crippen molar-refractivity contribution in [2.24, 2.45) is 0 Å². The van der Waals surface area contributed by atoms with Gasteiger partial charge in [-0.15, -0.1) is 0 Å². The van der Waals surface area contributed by atoms with E-state index in [1.165, 1.54) is 18.6 Å². The number of hydrogen-bond donors (Lipinski definition) is 1. The Balaban J connectivity index is 2.08. The highest BCUT2D eigenvalue weighted by molar-refractivity contribution is 5.35. The van der Waals surface area contributed by atoms with Gasteiger partial charge < -0.3 is 5.32 Å². The summed E-state index contributed by atoms with van der Waals surface area (Å²) in [7, 11) is 0. The number of nitrogens with one attached hydrogen (secondary N) is 1. The maximum absolute atomic E-state index is 12.8. The van der Waals surface area contributed by atoms with Gasteiger partial charge in [-0.25, -0.2) is 4.39 Å². The molecule has 0 amide bonds. The molecule has 72 valence electrons. The van der Waals surface area contributed by atoms with Crippen molar-refractivity contribution in [1.29, 1.82) is 0 Å². The van der Waals surface area contributed by atoms with E-state index in [0.717, 1.165) is 18.5 Å². The van der Waals surface area contributed by atoms with Crippen molar-refractivity contribution in [3.05, 3.63) is 35.6 Å². The van der Waals surface area contributed by atoms with Gasteiger partial charge in [0.05, 0.1) is 6.04 Å². The second kappa shape index (κ2) is 4.26. The zero-order chi connectivity index (χ0) is 9.80. The SMILES string of the molecule is Fc1cccc(C#C[C@@H]2CCCN2)c1. The summed E-state index contributed by atoms with van der Waals surface area (Å²) in [5, 5.41) is 3.27. The minimum absolute atomic E-state index is 0.226. The standard InChI is InChI=1S/C12H12FN/c13-11-4-1-3-10(9-11)6-7-12-5-2-8-14-12/h1,3-4,9,12,14H,2,5,8H2/t12-/m0/s1. The molecular formula is C12H12FN. The Morgan fingerprint density at radius 3 is 3.07 bits per heavy atom. The van der Waals surface area contributed by atoms with Crippen molar-refractivity contribution in [1.82, 2.24) is 5.32 Å². The maximum atomic E-state index is 12.8. The van der Waals surface area contributed by atoms with Crippen LogP contribution in [-0.2, 0) is 0 Å². The predicted octanol–water partition coefficient (Wildman–Crippen LogP) is 1.93. The van der Waals surface area contributed by atoms with Crippen LogP contribution >= 0.6 is 0 Å². The lowest BCUT2D eigenvalue weighted by Gasteiger charge is -1.97. The molecule has 1 aliphatic rings. The Hall–Kier alpha value is -1.33. The fraction of sp³-hybridized carbons (Fsp3) is 0.333. The molecule has 0 spiro atoms. The second-order valence-electron chi connectivity index (χ2n) is 3.43. The summed E-state index contributed by atoms with van der Waals surface area (Å²) in [6.45, 7) is 1.04. The van der Waals surface area contributed by atoms with Crippen molar-refractivity contribution in [3.8, 4) is 11.8 Å². The van der Waals surface area contributed by atoms with Crippen LogP contribution in [0, 0.1) is 17.7 Å². The smallest absolute Gasteiger partial charge is 0.124 e. The van der Waals surface area contributed by atoms with E-state index in [1.807, 2.05) is 6.07 Å². The molecule has 1 aromatic carbocycles. The monoisotopic (exact) mass is 189 g/mol. The molecule has 0 aliphatic carbocycles. The predicted molar refractivity (Wildman–Crippen MR) is 54.3 cm³/mol. The molecule has 1 saturated heterocycles. The molecule has 2 heteroatoms. The molecule has 0 unspecified atom stereocenters. The summed E-state index contributed by atoms with van der Waals surface area (Å²) in [6.07, 6.45) is 2.28. The van der Waals surface area contributed by atoms with Gasteiger partial charge in [0, 0.05) is 5.56 Å². The third-order valence-corrected chi connectivity index (χ3v) is 2.28. The molecule has 0 saturated carbocycles. The van der Waals surface area contributed by atoms with Crippen LogP contribution in [0.3, 0.4) is 0 Å². The van der Waals surface area contributed by atoms with Gasteiger partial charge in [-0.1, -0.05) is 17.9 Å². The molecule has 2 rings (SSSR count). The Labute approximate surface area is 83.3 Å².